The third-order valence-electron chi connectivity index (χ3n) is 5.07. The summed E-state index contributed by atoms with van der Waals surface area (Å²) in [5.41, 5.74) is 17.4. The molecule has 0 saturated carbocycles. The average Bonchev–Trinajstić information content (AvgIpc) is 2.78. The molecule has 4 aromatic rings. The molecule has 34 heavy (non-hydrogen) atoms. The number of primary amides is 1. The molecule has 0 spiro atoms. The molecule has 0 bridgehead atoms. The predicted molar refractivity (Wildman–Crippen MR) is 128 cm³/mol. The molecule has 1 atom stereocenters. The molecule has 12 heteroatoms. The molecule has 0 aliphatic heterocycles. The maximum absolute atomic E-state index is 13.6. The Morgan fingerprint density at radius 2 is 1.91 bits per heavy atom. The summed E-state index contributed by atoms with van der Waals surface area (Å²) >= 11 is 6.32. The number of carbonyl (C=O) groups excluding carboxylic acids is 1. The molecule has 2 heterocycles. The summed E-state index contributed by atoms with van der Waals surface area (Å²) in [4.78, 5) is 37.9. The van der Waals surface area contributed by atoms with Crippen LogP contribution in [0.25, 0.3) is 16.6 Å². The normalized spacial score (nSPS) is 11.7. The molecule has 0 fully saturated rings. The van der Waals surface area contributed by atoms with Gasteiger partial charge in [-0.15, -0.1) is 0 Å². The van der Waals surface area contributed by atoms with Crippen LogP contribution in [-0.2, 0) is 0 Å². The highest BCUT2D eigenvalue weighted by atomic mass is 35.5. The first kappa shape index (κ1) is 22.5. The fraction of sp³-hybridized carbons (Fsp3) is 0.0909. The Morgan fingerprint density at radius 1 is 1.18 bits per heavy atom. The highest BCUT2D eigenvalue weighted by molar-refractivity contribution is 6.35. The molecule has 4 rings (SSSR count). The molecule has 2 aromatic carbocycles. The number of carbonyl (C=O) groups is 1. The molecular formula is C22H18ClN9O2. The zero-order valence-corrected chi connectivity index (χ0v) is 18.5. The summed E-state index contributed by atoms with van der Waals surface area (Å²) in [5, 5.41) is 13.0. The predicted octanol–water partition coefficient (Wildman–Crippen LogP) is 2.14. The van der Waals surface area contributed by atoms with Crippen molar-refractivity contribution in [3.05, 3.63) is 74.8 Å². The van der Waals surface area contributed by atoms with Crippen LogP contribution in [0, 0.1) is 11.3 Å². The molecule has 0 saturated heterocycles. The van der Waals surface area contributed by atoms with Gasteiger partial charge < -0.3 is 22.5 Å². The van der Waals surface area contributed by atoms with E-state index in [2.05, 4.69) is 20.3 Å². The Hall–Kier alpha value is -4.69. The van der Waals surface area contributed by atoms with Gasteiger partial charge in [0.25, 0.3) is 5.56 Å². The van der Waals surface area contributed by atoms with E-state index in [0.29, 0.717) is 11.2 Å². The number of aromatic nitrogens is 4. The molecule has 11 nitrogen and oxygen atoms in total. The lowest BCUT2D eigenvalue weighted by molar-refractivity contribution is 0.1000. The Balaban J connectivity index is 1.97. The van der Waals surface area contributed by atoms with Crippen molar-refractivity contribution >= 4 is 46.0 Å². The van der Waals surface area contributed by atoms with Gasteiger partial charge in [-0.25, -0.2) is 4.98 Å². The van der Waals surface area contributed by atoms with Gasteiger partial charge in [0.05, 0.1) is 27.7 Å². The van der Waals surface area contributed by atoms with Gasteiger partial charge in [0.2, 0.25) is 11.9 Å². The lowest BCUT2D eigenvalue weighted by Crippen LogP contribution is -2.28. The summed E-state index contributed by atoms with van der Waals surface area (Å²) in [6, 6.07) is 12.4. The Kier molecular flexibility index (Phi) is 5.75. The number of rotatable bonds is 5. The van der Waals surface area contributed by atoms with E-state index in [9.17, 15) is 14.9 Å². The summed E-state index contributed by atoms with van der Waals surface area (Å²) in [7, 11) is 0. The second-order valence-corrected chi connectivity index (χ2v) is 7.73. The van der Waals surface area contributed by atoms with Gasteiger partial charge in [0.15, 0.2) is 5.82 Å². The van der Waals surface area contributed by atoms with Crippen LogP contribution in [0.2, 0.25) is 5.02 Å². The van der Waals surface area contributed by atoms with Crippen molar-refractivity contribution in [3.8, 4) is 11.8 Å². The fourth-order valence-corrected chi connectivity index (χ4v) is 3.78. The van der Waals surface area contributed by atoms with Crippen molar-refractivity contribution in [2.45, 2.75) is 13.0 Å². The van der Waals surface area contributed by atoms with Crippen LogP contribution in [0.5, 0.6) is 0 Å². The van der Waals surface area contributed by atoms with Gasteiger partial charge in [-0.1, -0.05) is 23.7 Å². The molecule has 1 amide bonds. The number of anilines is 3. The summed E-state index contributed by atoms with van der Waals surface area (Å²) in [5.74, 6) is -0.538. The molecule has 0 aliphatic carbocycles. The minimum Gasteiger partial charge on any atom is -0.382 e. The Labute approximate surface area is 197 Å². The van der Waals surface area contributed by atoms with E-state index >= 15 is 0 Å². The molecular weight excluding hydrogens is 458 g/mol. The number of hydrogen-bond donors (Lipinski definition) is 4. The first-order valence-corrected chi connectivity index (χ1v) is 10.3. The monoisotopic (exact) mass is 475 g/mol. The van der Waals surface area contributed by atoms with Gasteiger partial charge >= 0.3 is 0 Å². The minimum absolute atomic E-state index is 0.00509. The SMILES string of the molecule is CC(Nc1nc(N)nc(N)c1C#N)c1nc2cccc(Cl)c2c(=O)n1-c1cccc(C(N)=O)c1. The largest absolute Gasteiger partial charge is 0.382 e. The molecule has 1 unspecified atom stereocenters. The van der Waals surface area contributed by atoms with Crippen molar-refractivity contribution < 1.29 is 4.79 Å². The second kappa shape index (κ2) is 8.68. The van der Waals surface area contributed by atoms with Crippen LogP contribution in [0.4, 0.5) is 17.6 Å². The maximum atomic E-state index is 13.6. The molecule has 7 N–H and O–H groups in total. The van der Waals surface area contributed by atoms with E-state index < -0.39 is 17.5 Å². The van der Waals surface area contributed by atoms with Crippen LogP contribution in [-0.4, -0.2) is 25.4 Å². The van der Waals surface area contributed by atoms with E-state index in [1.165, 1.54) is 16.7 Å². The van der Waals surface area contributed by atoms with Crippen molar-refractivity contribution in [2.24, 2.45) is 5.73 Å². The van der Waals surface area contributed by atoms with Crippen LogP contribution < -0.4 is 28.1 Å². The number of benzene rings is 2. The van der Waals surface area contributed by atoms with Crippen LogP contribution in [0.15, 0.2) is 47.3 Å². The minimum atomic E-state index is -0.686. The Bertz CT molecular complexity index is 1560. The topological polar surface area (TPSA) is 192 Å². The van der Waals surface area contributed by atoms with E-state index in [1.54, 1.807) is 37.3 Å². The highest BCUT2D eigenvalue weighted by Gasteiger charge is 2.22. The van der Waals surface area contributed by atoms with Crippen LogP contribution in [0.3, 0.4) is 0 Å². The van der Waals surface area contributed by atoms with Crippen LogP contribution in [0.1, 0.15) is 34.7 Å². The number of amides is 1. The summed E-state index contributed by atoms with van der Waals surface area (Å²) < 4.78 is 1.32. The maximum Gasteiger partial charge on any atom is 0.267 e. The number of nitrogens with two attached hydrogens (primary N) is 3. The smallest absolute Gasteiger partial charge is 0.267 e. The third-order valence-corrected chi connectivity index (χ3v) is 5.38. The number of halogens is 1. The highest BCUT2D eigenvalue weighted by Crippen LogP contribution is 2.27. The van der Waals surface area contributed by atoms with Crippen molar-refractivity contribution in [1.29, 1.82) is 5.26 Å². The van der Waals surface area contributed by atoms with Crippen molar-refractivity contribution in [1.82, 2.24) is 19.5 Å². The number of hydrogen-bond acceptors (Lipinski definition) is 9. The Morgan fingerprint density at radius 3 is 2.62 bits per heavy atom. The lowest BCUT2D eigenvalue weighted by Gasteiger charge is -2.21. The van der Waals surface area contributed by atoms with Crippen LogP contribution >= 0.6 is 11.6 Å². The fourth-order valence-electron chi connectivity index (χ4n) is 3.53. The van der Waals surface area contributed by atoms with Gasteiger partial charge in [-0.2, -0.15) is 15.2 Å². The number of nitrogen functional groups attached to an aromatic ring is 2. The average molecular weight is 476 g/mol. The van der Waals surface area contributed by atoms with E-state index in [0.717, 1.165) is 0 Å². The lowest BCUT2D eigenvalue weighted by atomic mass is 10.1. The molecule has 2 aromatic heterocycles. The van der Waals surface area contributed by atoms with Gasteiger partial charge in [-0.05, 0) is 37.3 Å². The summed E-state index contributed by atoms with van der Waals surface area (Å²) in [6.07, 6.45) is 0. The van der Waals surface area contributed by atoms with E-state index in [4.69, 9.17) is 28.8 Å². The first-order chi connectivity index (χ1) is 16.2. The zero-order valence-electron chi connectivity index (χ0n) is 17.8. The van der Waals surface area contributed by atoms with Gasteiger partial charge in [0.1, 0.15) is 23.3 Å². The number of fused-ring (bicyclic) bond motifs is 1. The van der Waals surface area contributed by atoms with E-state index in [-0.39, 0.29) is 44.9 Å². The van der Waals surface area contributed by atoms with E-state index in [1.807, 2.05) is 6.07 Å². The summed E-state index contributed by atoms with van der Waals surface area (Å²) in [6.45, 7) is 1.71. The van der Waals surface area contributed by atoms with Gasteiger partial charge in [-0.3, -0.25) is 14.2 Å². The molecule has 0 radical (unpaired) electrons. The number of nitriles is 1. The third kappa shape index (κ3) is 3.94. The zero-order chi connectivity index (χ0) is 24.6. The van der Waals surface area contributed by atoms with Gasteiger partial charge in [0, 0.05) is 5.56 Å². The van der Waals surface area contributed by atoms with Crippen molar-refractivity contribution in [2.75, 3.05) is 16.8 Å². The molecule has 170 valence electrons. The quantitative estimate of drug-likeness (QED) is 0.334. The number of nitrogens with one attached hydrogen (secondary N) is 1. The standard InChI is InChI=1S/C22H18ClN9O2/c1-10(28-19-13(9-24)17(25)30-22(27)31-19)20-29-15-7-3-6-14(23)16(15)21(34)32(20)12-5-2-4-11(8-12)18(26)33/h2-8,10H,1H3,(H2,26,33)(H5,25,27,28,30,31). The first-order valence-electron chi connectivity index (χ1n) is 9.92. The number of nitrogens with zero attached hydrogens (tertiary/aromatic N) is 5. The van der Waals surface area contributed by atoms with Crippen molar-refractivity contribution in [3.63, 3.8) is 0 Å². The second-order valence-electron chi connectivity index (χ2n) is 7.33. The molecule has 0 aliphatic rings.